The van der Waals surface area contributed by atoms with E-state index < -0.39 is 27.9 Å². The SMILES string of the molecule is C[C@@H](COCOCC[Si](C)(C)C)n1cnc2c(-c3cnn(COCC[Si](C)(C)C)c3)nc(-c3ccc(C(F)(F)F)cn3)cc2c1=O. The summed E-state index contributed by atoms with van der Waals surface area (Å²) in [4.78, 5) is 27.2. The molecule has 4 aromatic rings. The summed E-state index contributed by atoms with van der Waals surface area (Å²) in [6, 6.07) is 5.36. The van der Waals surface area contributed by atoms with Gasteiger partial charge in [0.15, 0.2) is 0 Å². The molecule has 250 valence electrons. The van der Waals surface area contributed by atoms with E-state index in [0.717, 1.165) is 24.4 Å². The quantitative estimate of drug-likeness (QED) is 0.0758. The third-order valence-electron chi connectivity index (χ3n) is 7.25. The van der Waals surface area contributed by atoms with Gasteiger partial charge in [-0.15, -0.1) is 0 Å². The summed E-state index contributed by atoms with van der Waals surface area (Å²) in [7, 11) is -2.46. The average molecular weight is 677 g/mol. The van der Waals surface area contributed by atoms with E-state index in [1.54, 1.807) is 17.1 Å². The topological polar surface area (TPSA) is 106 Å². The Morgan fingerprint density at radius 3 is 2.24 bits per heavy atom. The summed E-state index contributed by atoms with van der Waals surface area (Å²) >= 11 is 0. The Hall–Kier alpha value is -3.25. The molecule has 0 fully saturated rings. The molecule has 1 atom stereocenters. The van der Waals surface area contributed by atoms with Gasteiger partial charge in [0.05, 0.1) is 47.5 Å². The number of hydrogen-bond acceptors (Lipinski definition) is 8. The van der Waals surface area contributed by atoms with E-state index in [0.29, 0.717) is 30.0 Å². The van der Waals surface area contributed by atoms with Crippen molar-refractivity contribution < 1.29 is 27.4 Å². The summed E-state index contributed by atoms with van der Waals surface area (Å²) in [5, 5.41) is 4.63. The van der Waals surface area contributed by atoms with Crippen LogP contribution in [0.1, 0.15) is 18.5 Å². The van der Waals surface area contributed by atoms with Crippen molar-refractivity contribution in [3.8, 4) is 22.6 Å². The minimum atomic E-state index is -4.53. The number of hydrogen-bond donors (Lipinski definition) is 0. The average Bonchev–Trinajstić information content (AvgIpc) is 3.44. The van der Waals surface area contributed by atoms with Crippen LogP contribution in [-0.2, 0) is 27.1 Å². The fourth-order valence-electron chi connectivity index (χ4n) is 4.39. The first kappa shape index (κ1) is 35.6. The molecule has 0 saturated carbocycles. The van der Waals surface area contributed by atoms with Crippen molar-refractivity contribution in [1.29, 1.82) is 0 Å². The number of halogens is 3. The third kappa shape index (κ3) is 9.88. The number of alkyl halides is 3. The van der Waals surface area contributed by atoms with Crippen LogP contribution in [0, 0.1) is 0 Å². The minimum Gasteiger partial charge on any atom is -0.360 e. The van der Waals surface area contributed by atoms with Gasteiger partial charge in [-0.25, -0.2) is 14.6 Å². The van der Waals surface area contributed by atoms with Gasteiger partial charge in [-0.3, -0.25) is 14.3 Å². The van der Waals surface area contributed by atoms with Crippen LogP contribution in [0.15, 0.2) is 47.9 Å². The Kier molecular flexibility index (Phi) is 11.4. The monoisotopic (exact) mass is 676 g/mol. The van der Waals surface area contributed by atoms with Crippen LogP contribution in [0.5, 0.6) is 0 Å². The maximum absolute atomic E-state index is 13.8. The van der Waals surface area contributed by atoms with E-state index in [1.165, 1.54) is 23.0 Å². The summed E-state index contributed by atoms with van der Waals surface area (Å²) in [5.74, 6) is 0. The van der Waals surface area contributed by atoms with Crippen molar-refractivity contribution >= 4 is 27.1 Å². The lowest BCUT2D eigenvalue weighted by molar-refractivity contribution is -0.137. The summed E-state index contributed by atoms with van der Waals surface area (Å²) < 4.78 is 59.9. The third-order valence-corrected chi connectivity index (χ3v) is 10.7. The standard InChI is InChI=1S/C31H43F3N6O4Si2/c1-22(18-44-21-43-11-13-46(5,6)7)40-19-36-29-25(30(40)41)14-27(26-9-8-24(16-35-26)31(32,33)34)38-28(29)23-15-37-39(17-23)20-42-10-12-45(2,3)4/h8-9,14-17,19,22H,10-13,18,20-21H2,1-7H3/t22-/m0/s1. The van der Waals surface area contributed by atoms with Gasteiger partial charge in [-0.05, 0) is 37.2 Å². The van der Waals surface area contributed by atoms with E-state index in [2.05, 4.69) is 54.3 Å². The fraction of sp³-hybridized carbons (Fsp3) is 0.516. The first-order valence-corrected chi connectivity index (χ1v) is 22.6. The highest BCUT2D eigenvalue weighted by molar-refractivity contribution is 6.76. The Morgan fingerprint density at radius 2 is 1.61 bits per heavy atom. The van der Waals surface area contributed by atoms with Gasteiger partial charge in [0.2, 0.25) is 0 Å². The van der Waals surface area contributed by atoms with Crippen molar-refractivity contribution in [1.82, 2.24) is 29.3 Å². The Balaban J connectivity index is 1.64. The van der Waals surface area contributed by atoms with Gasteiger partial charge in [0.25, 0.3) is 5.56 Å². The minimum absolute atomic E-state index is 0.119. The molecule has 46 heavy (non-hydrogen) atoms. The number of fused-ring (bicyclic) bond motifs is 1. The van der Waals surface area contributed by atoms with Crippen LogP contribution >= 0.6 is 0 Å². The second-order valence-corrected chi connectivity index (χ2v) is 25.1. The predicted molar refractivity (Wildman–Crippen MR) is 177 cm³/mol. The Labute approximate surface area is 269 Å². The largest absolute Gasteiger partial charge is 0.417 e. The maximum Gasteiger partial charge on any atom is 0.417 e. The first-order valence-electron chi connectivity index (χ1n) is 15.2. The zero-order valence-corrected chi connectivity index (χ0v) is 29.5. The molecule has 0 aromatic carbocycles. The van der Waals surface area contributed by atoms with Gasteiger partial charge < -0.3 is 14.2 Å². The molecular formula is C31H43F3N6O4Si2. The second-order valence-electron chi connectivity index (χ2n) is 13.8. The molecule has 0 spiro atoms. The second kappa shape index (κ2) is 14.7. The van der Waals surface area contributed by atoms with Crippen LogP contribution in [-0.4, -0.2) is 72.1 Å². The van der Waals surface area contributed by atoms with Crippen molar-refractivity contribution in [2.24, 2.45) is 0 Å². The van der Waals surface area contributed by atoms with Crippen LogP contribution in [0.4, 0.5) is 13.2 Å². The molecule has 0 saturated heterocycles. The Bertz CT molecular complexity index is 1660. The zero-order chi connectivity index (χ0) is 33.7. The highest BCUT2D eigenvalue weighted by Gasteiger charge is 2.31. The highest BCUT2D eigenvalue weighted by Crippen LogP contribution is 2.31. The summed E-state index contributed by atoms with van der Waals surface area (Å²) in [6.07, 6.45) is 1.01. The van der Waals surface area contributed by atoms with Crippen LogP contribution in [0.3, 0.4) is 0 Å². The Morgan fingerprint density at radius 1 is 0.913 bits per heavy atom. The van der Waals surface area contributed by atoms with Gasteiger partial charge in [0.1, 0.15) is 24.7 Å². The lowest BCUT2D eigenvalue weighted by Crippen LogP contribution is -2.27. The summed E-state index contributed by atoms with van der Waals surface area (Å²) in [6.45, 7) is 17.3. The summed E-state index contributed by atoms with van der Waals surface area (Å²) in [5.41, 5.74) is 0.440. The van der Waals surface area contributed by atoms with Crippen LogP contribution in [0.2, 0.25) is 51.4 Å². The number of nitrogens with zero attached hydrogens (tertiary/aromatic N) is 6. The van der Waals surface area contributed by atoms with Crippen molar-refractivity contribution in [2.75, 3.05) is 26.6 Å². The van der Waals surface area contributed by atoms with Gasteiger partial charge >= 0.3 is 6.18 Å². The highest BCUT2D eigenvalue weighted by atomic mass is 28.3. The fourth-order valence-corrected chi connectivity index (χ4v) is 5.90. The van der Waals surface area contributed by atoms with Crippen LogP contribution < -0.4 is 5.56 Å². The van der Waals surface area contributed by atoms with E-state index in [1.807, 2.05) is 6.92 Å². The predicted octanol–water partition coefficient (Wildman–Crippen LogP) is 6.94. The molecule has 0 amide bonds. The van der Waals surface area contributed by atoms with Gasteiger partial charge in [-0.2, -0.15) is 18.3 Å². The lowest BCUT2D eigenvalue weighted by atomic mass is 10.1. The molecule has 0 aliphatic carbocycles. The number of rotatable bonds is 15. The lowest BCUT2D eigenvalue weighted by Gasteiger charge is -2.18. The molecule has 0 N–H and O–H groups in total. The molecule has 0 aliphatic heterocycles. The van der Waals surface area contributed by atoms with E-state index >= 15 is 0 Å². The number of pyridine rings is 2. The molecule has 0 bridgehead atoms. The van der Waals surface area contributed by atoms with Gasteiger partial charge in [0, 0.05) is 47.3 Å². The molecule has 4 heterocycles. The smallest absolute Gasteiger partial charge is 0.360 e. The maximum atomic E-state index is 13.8. The molecule has 4 rings (SSSR count). The van der Waals surface area contributed by atoms with E-state index in [-0.39, 0.29) is 48.5 Å². The molecule has 4 aromatic heterocycles. The zero-order valence-electron chi connectivity index (χ0n) is 27.5. The normalized spacial score (nSPS) is 13.4. The molecule has 0 unspecified atom stereocenters. The molecule has 10 nitrogen and oxygen atoms in total. The van der Waals surface area contributed by atoms with E-state index in [9.17, 15) is 18.0 Å². The number of aromatic nitrogens is 6. The van der Waals surface area contributed by atoms with Crippen LogP contribution in [0.25, 0.3) is 33.5 Å². The van der Waals surface area contributed by atoms with Crippen molar-refractivity contribution in [3.05, 3.63) is 59.0 Å². The number of ether oxygens (including phenoxy) is 3. The first-order chi connectivity index (χ1) is 21.5. The molecular weight excluding hydrogens is 634 g/mol. The molecule has 15 heteroatoms. The molecule has 0 aliphatic rings. The molecule has 0 radical (unpaired) electrons. The van der Waals surface area contributed by atoms with Gasteiger partial charge in [-0.1, -0.05) is 39.3 Å². The van der Waals surface area contributed by atoms with Crippen molar-refractivity contribution in [2.45, 2.75) is 77.2 Å². The van der Waals surface area contributed by atoms with Crippen molar-refractivity contribution in [3.63, 3.8) is 0 Å². The van der Waals surface area contributed by atoms with E-state index in [4.69, 9.17) is 19.2 Å².